The van der Waals surface area contributed by atoms with Gasteiger partial charge in [0, 0.05) is 12.2 Å². The van der Waals surface area contributed by atoms with E-state index in [0.717, 1.165) is 5.69 Å². The molecule has 0 aliphatic carbocycles. The molecule has 1 aromatic carbocycles. The van der Waals surface area contributed by atoms with Crippen LogP contribution in [0.5, 0.6) is 5.75 Å². The van der Waals surface area contributed by atoms with Crippen LogP contribution in [0.3, 0.4) is 0 Å². The van der Waals surface area contributed by atoms with Crippen molar-refractivity contribution in [2.45, 2.75) is 25.9 Å². The molecule has 0 aliphatic rings. The van der Waals surface area contributed by atoms with Crippen LogP contribution in [-0.4, -0.2) is 24.4 Å². The normalized spacial score (nSPS) is 14.3. The van der Waals surface area contributed by atoms with E-state index in [4.69, 9.17) is 16.3 Å². The molecule has 0 heterocycles. The molecule has 0 fully saturated rings. The summed E-state index contributed by atoms with van der Waals surface area (Å²) in [4.78, 5) is 0. The zero-order valence-corrected chi connectivity index (χ0v) is 10.6. The lowest BCUT2D eigenvalue weighted by molar-refractivity contribution is 0.0697. The molecule has 0 bridgehead atoms. The van der Waals surface area contributed by atoms with Crippen LogP contribution < -0.4 is 10.1 Å². The average molecular weight is 244 g/mol. The second-order valence-electron chi connectivity index (χ2n) is 4.05. The van der Waals surface area contributed by atoms with Gasteiger partial charge in [-0.1, -0.05) is 18.5 Å². The molecule has 1 rings (SSSR count). The maximum absolute atomic E-state index is 9.83. The molecule has 90 valence electrons. The van der Waals surface area contributed by atoms with Crippen molar-refractivity contribution in [3.8, 4) is 5.75 Å². The van der Waals surface area contributed by atoms with Crippen LogP contribution >= 0.6 is 11.6 Å². The van der Waals surface area contributed by atoms with Crippen LogP contribution in [-0.2, 0) is 0 Å². The average Bonchev–Trinajstić information content (AvgIpc) is 2.27. The highest BCUT2D eigenvalue weighted by Crippen LogP contribution is 2.27. The molecule has 3 nitrogen and oxygen atoms in total. The minimum atomic E-state index is -0.702. The number of nitrogens with one attached hydrogen (secondary N) is 1. The highest BCUT2D eigenvalue weighted by Gasteiger charge is 2.16. The fourth-order valence-corrected chi connectivity index (χ4v) is 1.45. The van der Waals surface area contributed by atoms with Gasteiger partial charge in [-0.25, -0.2) is 0 Å². The fourth-order valence-electron chi connectivity index (χ4n) is 1.19. The largest absolute Gasteiger partial charge is 0.495 e. The zero-order valence-electron chi connectivity index (χ0n) is 9.88. The summed E-state index contributed by atoms with van der Waals surface area (Å²) in [6, 6.07) is 5.45. The van der Waals surface area contributed by atoms with Crippen LogP contribution in [0, 0.1) is 0 Å². The molecular formula is C12H18ClNO2. The van der Waals surface area contributed by atoms with Gasteiger partial charge in [0.1, 0.15) is 5.75 Å². The third-order valence-electron chi connectivity index (χ3n) is 2.59. The minimum Gasteiger partial charge on any atom is -0.495 e. The lowest BCUT2D eigenvalue weighted by Gasteiger charge is -2.22. The number of hydrogen-bond donors (Lipinski definition) is 2. The number of hydrogen-bond acceptors (Lipinski definition) is 3. The van der Waals surface area contributed by atoms with Crippen LogP contribution in [0.2, 0.25) is 5.02 Å². The Balaban J connectivity index is 2.65. The number of rotatable bonds is 5. The summed E-state index contributed by atoms with van der Waals surface area (Å²) in [5.41, 5.74) is 0.173. The van der Waals surface area contributed by atoms with Crippen LogP contribution in [0.25, 0.3) is 0 Å². The monoisotopic (exact) mass is 243 g/mol. The van der Waals surface area contributed by atoms with E-state index in [1.165, 1.54) is 0 Å². The number of methoxy groups -OCH3 is 1. The van der Waals surface area contributed by atoms with Crippen molar-refractivity contribution in [3.05, 3.63) is 23.2 Å². The molecule has 1 unspecified atom stereocenters. The summed E-state index contributed by atoms with van der Waals surface area (Å²) in [6.45, 7) is 4.24. The van der Waals surface area contributed by atoms with Crippen molar-refractivity contribution in [1.29, 1.82) is 0 Å². The number of ether oxygens (including phenoxy) is 1. The number of benzene rings is 1. The van der Waals surface area contributed by atoms with Gasteiger partial charge in [0.15, 0.2) is 0 Å². The Hall–Kier alpha value is -0.930. The van der Waals surface area contributed by atoms with Crippen molar-refractivity contribution in [1.82, 2.24) is 0 Å². The Morgan fingerprint density at radius 3 is 2.69 bits per heavy atom. The summed E-state index contributed by atoms with van der Waals surface area (Å²) in [5, 5.41) is 13.5. The molecule has 0 aromatic heterocycles. The van der Waals surface area contributed by atoms with Gasteiger partial charge < -0.3 is 15.2 Å². The van der Waals surface area contributed by atoms with Crippen molar-refractivity contribution < 1.29 is 9.84 Å². The summed E-state index contributed by atoms with van der Waals surface area (Å²) in [5.74, 6) is 0.648. The SMILES string of the molecule is CCC(C)(O)CNc1ccc(OC)c(Cl)c1. The summed E-state index contributed by atoms with van der Waals surface area (Å²) >= 11 is 5.99. The number of halogens is 1. The first-order valence-electron chi connectivity index (χ1n) is 5.28. The number of aliphatic hydroxyl groups is 1. The van der Waals surface area contributed by atoms with E-state index >= 15 is 0 Å². The Kier molecular flexibility index (Phi) is 4.44. The molecule has 0 radical (unpaired) electrons. The smallest absolute Gasteiger partial charge is 0.137 e. The third-order valence-corrected chi connectivity index (χ3v) is 2.88. The van der Waals surface area contributed by atoms with Crippen molar-refractivity contribution in [2.75, 3.05) is 19.0 Å². The fraction of sp³-hybridized carbons (Fsp3) is 0.500. The summed E-state index contributed by atoms with van der Waals surface area (Å²) in [6.07, 6.45) is 0.698. The van der Waals surface area contributed by atoms with E-state index in [1.807, 2.05) is 13.0 Å². The molecule has 0 amide bonds. The van der Waals surface area contributed by atoms with Crippen molar-refractivity contribution in [2.24, 2.45) is 0 Å². The maximum Gasteiger partial charge on any atom is 0.137 e. The Labute approximate surface area is 101 Å². The first-order valence-corrected chi connectivity index (χ1v) is 5.66. The molecule has 1 aromatic rings. The van der Waals surface area contributed by atoms with E-state index in [1.54, 1.807) is 26.2 Å². The van der Waals surface area contributed by atoms with Crippen LogP contribution in [0.15, 0.2) is 18.2 Å². The Morgan fingerprint density at radius 2 is 2.19 bits per heavy atom. The summed E-state index contributed by atoms with van der Waals surface area (Å²) < 4.78 is 5.06. The minimum absolute atomic E-state index is 0.492. The van der Waals surface area contributed by atoms with Gasteiger partial charge in [0.05, 0.1) is 17.7 Å². The third kappa shape index (κ3) is 3.58. The molecule has 0 saturated carbocycles. The van der Waals surface area contributed by atoms with Gasteiger partial charge in [-0.15, -0.1) is 0 Å². The van der Waals surface area contributed by atoms with E-state index in [0.29, 0.717) is 23.7 Å². The maximum atomic E-state index is 9.83. The lowest BCUT2D eigenvalue weighted by atomic mass is 10.0. The Bertz CT molecular complexity index is 353. The van der Waals surface area contributed by atoms with Crippen LogP contribution in [0.4, 0.5) is 5.69 Å². The van der Waals surface area contributed by atoms with Gasteiger partial charge in [0.25, 0.3) is 0 Å². The predicted molar refractivity (Wildman–Crippen MR) is 67.4 cm³/mol. The van der Waals surface area contributed by atoms with E-state index in [9.17, 15) is 5.11 Å². The molecule has 1 atom stereocenters. The summed E-state index contributed by atoms with van der Waals surface area (Å²) in [7, 11) is 1.58. The van der Waals surface area contributed by atoms with Crippen LogP contribution in [0.1, 0.15) is 20.3 Å². The standard InChI is InChI=1S/C12H18ClNO2/c1-4-12(2,15)8-14-9-5-6-11(16-3)10(13)7-9/h5-7,14-15H,4,8H2,1-3H3. The van der Waals surface area contributed by atoms with Gasteiger partial charge in [-0.3, -0.25) is 0 Å². The Morgan fingerprint density at radius 1 is 1.50 bits per heavy atom. The van der Waals surface area contributed by atoms with Crippen molar-refractivity contribution in [3.63, 3.8) is 0 Å². The highest BCUT2D eigenvalue weighted by molar-refractivity contribution is 6.32. The van der Waals surface area contributed by atoms with Crippen molar-refractivity contribution >= 4 is 17.3 Å². The lowest BCUT2D eigenvalue weighted by Crippen LogP contribution is -2.32. The zero-order chi connectivity index (χ0) is 12.2. The predicted octanol–water partition coefficient (Wildman–Crippen LogP) is 2.92. The van der Waals surface area contributed by atoms with E-state index in [-0.39, 0.29) is 0 Å². The topological polar surface area (TPSA) is 41.5 Å². The molecule has 16 heavy (non-hydrogen) atoms. The molecular weight excluding hydrogens is 226 g/mol. The molecule has 0 saturated heterocycles. The molecule has 4 heteroatoms. The molecule has 0 aliphatic heterocycles. The second kappa shape index (κ2) is 5.41. The molecule has 2 N–H and O–H groups in total. The first-order chi connectivity index (χ1) is 7.48. The van der Waals surface area contributed by atoms with Gasteiger partial charge in [-0.2, -0.15) is 0 Å². The first kappa shape index (κ1) is 13.1. The van der Waals surface area contributed by atoms with E-state index < -0.39 is 5.60 Å². The second-order valence-corrected chi connectivity index (χ2v) is 4.46. The van der Waals surface area contributed by atoms with E-state index in [2.05, 4.69) is 5.32 Å². The molecule has 0 spiro atoms. The van der Waals surface area contributed by atoms with Gasteiger partial charge in [-0.05, 0) is 31.5 Å². The van der Waals surface area contributed by atoms with Gasteiger partial charge in [0.2, 0.25) is 0 Å². The quantitative estimate of drug-likeness (QED) is 0.836. The highest BCUT2D eigenvalue weighted by atomic mass is 35.5. The van der Waals surface area contributed by atoms with Gasteiger partial charge >= 0.3 is 0 Å². The number of anilines is 1.